The Kier molecular flexibility index (Phi) is 4.68. The van der Waals surface area contributed by atoms with Gasteiger partial charge in [0.15, 0.2) is 11.6 Å². The maximum Gasteiger partial charge on any atom is 0.184 e. The molecule has 102 valence electrons. The average Bonchev–Trinajstić information content (AvgIpc) is 2.46. The highest BCUT2D eigenvalue weighted by Crippen LogP contribution is 2.18. The Morgan fingerprint density at radius 2 is 1.30 bits per heavy atom. The van der Waals surface area contributed by atoms with Gasteiger partial charge in [0.1, 0.15) is 10.6 Å². The lowest BCUT2D eigenvalue weighted by atomic mass is 10.0. The van der Waals surface area contributed by atoms with Gasteiger partial charge >= 0.3 is 0 Å². The number of benzene rings is 2. The Morgan fingerprint density at radius 1 is 0.900 bits per heavy atom. The van der Waals surface area contributed by atoms with Gasteiger partial charge in [-0.25, -0.2) is 4.39 Å². The third kappa shape index (κ3) is 3.32. The van der Waals surface area contributed by atoms with Crippen LogP contribution in [0.25, 0.3) is 0 Å². The summed E-state index contributed by atoms with van der Waals surface area (Å²) in [6, 6.07) is 11.3. The second kappa shape index (κ2) is 6.29. The third-order valence-corrected chi connectivity index (χ3v) is 3.80. The SMILES string of the molecule is O=C(c1ccc(F)cc1)C(Br)C(=O)c1ccc(Cl)cc1. The summed E-state index contributed by atoms with van der Waals surface area (Å²) in [5, 5.41) is 0.512. The van der Waals surface area contributed by atoms with Gasteiger partial charge in [-0.2, -0.15) is 0 Å². The number of halogens is 3. The van der Waals surface area contributed by atoms with E-state index < -0.39 is 16.4 Å². The Labute approximate surface area is 128 Å². The van der Waals surface area contributed by atoms with Crippen molar-refractivity contribution in [3.63, 3.8) is 0 Å². The Hall–Kier alpha value is -1.52. The zero-order chi connectivity index (χ0) is 14.7. The quantitative estimate of drug-likeness (QED) is 0.465. The fraction of sp³-hybridized carbons (Fsp3) is 0.0667. The lowest BCUT2D eigenvalue weighted by molar-refractivity contribution is 0.0906. The first-order valence-corrected chi connectivity index (χ1v) is 7.02. The van der Waals surface area contributed by atoms with Crippen LogP contribution in [0.5, 0.6) is 0 Å². The molecule has 0 saturated heterocycles. The molecule has 2 nitrogen and oxygen atoms in total. The highest BCUT2D eigenvalue weighted by atomic mass is 79.9. The minimum atomic E-state index is -1.01. The molecule has 1 unspecified atom stereocenters. The minimum absolute atomic E-state index is 0.274. The molecule has 0 aromatic heterocycles. The third-order valence-electron chi connectivity index (χ3n) is 2.72. The Bertz CT molecular complexity index is 580. The standard InChI is InChI=1S/C15H9BrClFO2/c16-13(14(19)9-1-5-11(17)6-2-9)15(20)10-3-7-12(18)8-4-10/h1-8,13H. The van der Waals surface area contributed by atoms with Gasteiger partial charge in [0.25, 0.3) is 0 Å². The van der Waals surface area contributed by atoms with Gasteiger partial charge in [-0.1, -0.05) is 27.5 Å². The number of carbonyl (C=O) groups is 2. The first-order chi connectivity index (χ1) is 9.49. The molecule has 0 amide bonds. The molecule has 2 aromatic carbocycles. The van der Waals surface area contributed by atoms with Crippen LogP contribution in [0.2, 0.25) is 5.02 Å². The van der Waals surface area contributed by atoms with Crippen molar-refractivity contribution in [1.29, 1.82) is 0 Å². The van der Waals surface area contributed by atoms with Crippen molar-refractivity contribution in [3.05, 3.63) is 70.5 Å². The van der Waals surface area contributed by atoms with Crippen molar-refractivity contribution in [3.8, 4) is 0 Å². The molecule has 0 bridgehead atoms. The topological polar surface area (TPSA) is 34.1 Å². The normalized spacial score (nSPS) is 11.9. The van der Waals surface area contributed by atoms with Gasteiger partial charge in [-0.15, -0.1) is 0 Å². The summed E-state index contributed by atoms with van der Waals surface area (Å²) in [6.07, 6.45) is 0. The maximum atomic E-state index is 12.8. The summed E-state index contributed by atoms with van der Waals surface area (Å²) >= 11 is 8.84. The van der Waals surface area contributed by atoms with Crippen molar-refractivity contribution < 1.29 is 14.0 Å². The first kappa shape index (κ1) is 14.9. The molecule has 0 radical (unpaired) electrons. The van der Waals surface area contributed by atoms with Gasteiger partial charge in [-0.3, -0.25) is 9.59 Å². The lowest BCUT2D eigenvalue weighted by Crippen LogP contribution is -2.24. The van der Waals surface area contributed by atoms with Crippen LogP contribution in [-0.2, 0) is 0 Å². The minimum Gasteiger partial charge on any atom is -0.292 e. The molecular weight excluding hydrogens is 347 g/mol. The molecule has 2 aromatic rings. The van der Waals surface area contributed by atoms with E-state index in [1.54, 1.807) is 24.3 Å². The van der Waals surface area contributed by atoms with Gasteiger partial charge in [0.05, 0.1) is 0 Å². The fourth-order valence-corrected chi connectivity index (χ4v) is 2.29. The van der Waals surface area contributed by atoms with Crippen LogP contribution >= 0.6 is 27.5 Å². The second-order valence-electron chi connectivity index (χ2n) is 4.10. The monoisotopic (exact) mass is 354 g/mol. The molecule has 0 spiro atoms. The molecular formula is C15H9BrClFO2. The van der Waals surface area contributed by atoms with E-state index in [1.165, 1.54) is 24.3 Å². The van der Waals surface area contributed by atoms with E-state index >= 15 is 0 Å². The zero-order valence-corrected chi connectivity index (χ0v) is 12.5. The summed E-state index contributed by atoms with van der Waals surface area (Å²) < 4.78 is 12.8. The van der Waals surface area contributed by atoms with Crippen molar-refractivity contribution in [1.82, 2.24) is 0 Å². The van der Waals surface area contributed by atoms with Crippen LogP contribution < -0.4 is 0 Å². The first-order valence-electron chi connectivity index (χ1n) is 5.72. The van der Waals surface area contributed by atoms with Crippen LogP contribution in [0.3, 0.4) is 0 Å². The van der Waals surface area contributed by atoms with E-state index in [9.17, 15) is 14.0 Å². The van der Waals surface area contributed by atoms with Crippen molar-refractivity contribution >= 4 is 39.1 Å². The number of hydrogen-bond acceptors (Lipinski definition) is 2. The van der Waals surface area contributed by atoms with Crippen LogP contribution in [0.15, 0.2) is 48.5 Å². The fourth-order valence-electron chi connectivity index (χ4n) is 1.64. The average molecular weight is 356 g/mol. The summed E-state index contributed by atoms with van der Waals surface area (Å²) in [4.78, 5) is 23.3. The van der Waals surface area contributed by atoms with Gasteiger partial charge in [0.2, 0.25) is 0 Å². The van der Waals surface area contributed by atoms with Crippen LogP contribution in [0, 0.1) is 5.82 Å². The molecule has 20 heavy (non-hydrogen) atoms. The van der Waals surface area contributed by atoms with Crippen molar-refractivity contribution in [2.75, 3.05) is 0 Å². The molecule has 0 N–H and O–H groups in total. The summed E-state index contributed by atoms with van der Waals surface area (Å²) in [5.74, 6) is -1.21. The van der Waals surface area contributed by atoms with E-state index in [1.807, 2.05) is 0 Å². The van der Waals surface area contributed by atoms with Gasteiger partial charge < -0.3 is 0 Å². The van der Waals surface area contributed by atoms with Crippen molar-refractivity contribution in [2.24, 2.45) is 0 Å². The number of rotatable bonds is 4. The molecule has 0 aliphatic heterocycles. The smallest absolute Gasteiger partial charge is 0.184 e. The Balaban J connectivity index is 2.20. The predicted octanol–water partition coefficient (Wildman–Crippen LogP) is 4.31. The van der Waals surface area contributed by atoms with E-state index in [4.69, 9.17) is 11.6 Å². The molecule has 0 aliphatic carbocycles. The van der Waals surface area contributed by atoms with Crippen LogP contribution in [0.1, 0.15) is 20.7 Å². The second-order valence-corrected chi connectivity index (χ2v) is 5.46. The predicted molar refractivity (Wildman–Crippen MR) is 79.2 cm³/mol. The zero-order valence-electron chi connectivity index (χ0n) is 10.1. The van der Waals surface area contributed by atoms with Crippen molar-refractivity contribution in [2.45, 2.75) is 4.83 Å². The molecule has 0 heterocycles. The number of carbonyl (C=O) groups excluding carboxylic acids is 2. The number of alkyl halides is 1. The number of hydrogen-bond donors (Lipinski definition) is 0. The van der Waals surface area contributed by atoms with Crippen LogP contribution in [0.4, 0.5) is 4.39 Å². The summed E-state index contributed by atoms with van der Waals surface area (Å²) in [6.45, 7) is 0. The summed E-state index contributed by atoms with van der Waals surface area (Å²) in [7, 11) is 0. The molecule has 5 heteroatoms. The van der Waals surface area contributed by atoms with E-state index in [0.717, 1.165) is 0 Å². The Morgan fingerprint density at radius 3 is 1.75 bits per heavy atom. The molecule has 2 rings (SSSR count). The number of Topliss-reactive ketones (excluding diaryl/α,β-unsaturated/α-hetero) is 2. The highest BCUT2D eigenvalue weighted by Gasteiger charge is 2.25. The largest absolute Gasteiger partial charge is 0.292 e. The van der Waals surface area contributed by atoms with Crippen LogP contribution in [-0.4, -0.2) is 16.4 Å². The van der Waals surface area contributed by atoms with E-state index in [0.29, 0.717) is 10.6 Å². The highest BCUT2D eigenvalue weighted by molar-refractivity contribution is 9.10. The molecule has 0 fully saturated rings. The maximum absolute atomic E-state index is 12.8. The lowest BCUT2D eigenvalue weighted by Gasteiger charge is -2.08. The summed E-state index contributed by atoms with van der Waals surface area (Å²) in [5.41, 5.74) is 0.655. The van der Waals surface area contributed by atoms with E-state index in [-0.39, 0.29) is 11.3 Å². The van der Waals surface area contributed by atoms with E-state index in [2.05, 4.69) is 15.9 Å². The van der Waals surface area contributed by atoms with Gasteiger partial charge in [0, 0.05) is 16.1 Å². The van der Waals surface area contributed by atoms with Gasteiger partial charge in [-0.05, 0) is 48.5 Å². The number of ketones is 2. The molecule has 0 aliphatic rings. The molecule has 0 saturated carbocycles. The molecule has 1 atom stereocenters.